The van der Waals surface area contributed by atoms with E-state index in [4.69, 9.17) is 6.42 Å². The monoisotopic (exact) mass is 449 g/mol. The number of fused-ring (bicyclic) bond motifs is 1. The van der Waals surface area contributed by atoms with Crippen LogP contribution >= 0.6 is 0 Å². The predicted octanol–water partition coefficient (Wildman–Crippen LogP) is 2.97. The fourth-order valence-electron chi connectivity index (χ4n) is 2.85. The van der Waals surface area contributed by atoms with Gasteiger partial charge in [-0.2, -0.15) is 13.2 Å². The second-order valence-electron chi connectivity index (χ2n) is 6.36. The number of carbonyl (C=O) groups excluding carboxylic acids is 1. The van der Waals surface area contributed by atoms with E-state index in [2.05, 4.69) is 21.2 Å². The fourth-order valence-corrected chi connectivity index (χ4v) is 3.93. The average molecular weight is 449 g/mol. The molecular weight excluding hydrogens is 435 g/mol. The molecule has 0 bridgehead atoms. The maximum Gasteiger partial charge on any atom is 0.416 e. The molecule has 0 aliphatic rings. The standard InChI is InChI=1S/C20H14F3N3O4S/c1-3-11-5-6-16(31(29,30)4-2)13(7-11)19(28)26-15-9-12(20(21,22)23)8-14-17(15)24-10-25-18(14)27/h1,5-10H,4H2,2H3,(H,26,28)(H,24,25,27). The first-order chi connectivity index (χ1) is 14.5. The highest BCUT2D eigenvalue weighted by Crippen LogP contribution is 2.34. The van der Waals surface area contributed by atoms with Crippen LogP contribution < -0.4 is 10.9 Å². The molecule has 1 heterocycles. The summed E-state index contributed by atoms with van der Waals surface area (Å²) < 4.78 is 64.7. The molecule has 2 aromatic carbocycles. The van der Waals surface area contributed by atoms with Crippen molar-refractivity contribution < 1.29 is 26.4 Å². The van der Waals surface area contributed by atoms with Crippen molar-refractivity contribution in [2.75, 3.05) is 11.1 Å². The van der Waals surface area contributed by atoms with Gasteiger partial charge in [0.05, 0.1) is 39.2 Å². The Bertz CT molecular complexity index is 1400. The van der Waals surface area contributed by atoms with Gasteiger partial charge in [0, 0.05) is 5.56 Å². The van der Waals surface area contributed by atoms with Gasteiger partial charge < -0.3 is 10.3 Å². The first-order valence-corrected chi connectivity index (χ1v) is 10.4. The Morgan fingerprint density at radius 3 is 2.58 bits per heavy atom. The molecule has 0 unspecified atom stereocenters. The topological polar surface area (TPSA) is 109 Å². The van der Waals surface area contributed by atoms with Gasteiger partial charge in [-0.15, -0.1) is 6.42 Å². The number of amides is 1. The summed E-state index contributed by atoms with van der Waals surface area (Å²) in [6, 6.07) is 4.87. The molecule has 7 nitrogen and oxygen atoms in total. The summed E-state index contributed by atoms with van der Waals surface area (Å²) in [6.45, 7) is 1.38. The van der Waals surface area contributed by atoms with Crippen LogP contribution in [0.1, 0.15) is 28.4 Å². The van der Waals surface area contributed by atoms with Gasteiger partial charge in [0.15, 0.2) is 9.84 Å². The lowest BCUT2D eigenvalue weighted by Crippen LogP contribution is -2.19. The molecule has 0 atom stereocenters. The number of benzene rings is 2. The van der Waals surface area contributed by atoms with Crippen LogP contribution in [0.25, 0.3) is 10.9 Å². The summed E-state index contributed by atoms with van der Waals surface area (Å²) in [7, 11) is -3.85. The molecule has 3 aromatic rings. The van der Waals surface area contributed by atoms with E-state index in [1.807, 2.05) is 0 Å². The summed E-state index contributed by atoms with van der Waals surface area (Å²) in [5, 5.41) is 1.84. The summed E-state index contributed by atoms with van der Waals surface area (Å²) in [5.74, 6) is 0.933. The number of anilines is 1. The van der Waals surface area contributed by atoms with Crippen molar-refractivity contribution in [3.8, 4) is 12.3 Å². The molecule has 11 heteroatoms. The Morgan fingerprint density at radius 1 is 1.26 bits per heavy atom. The van der Waals surface area contributed by atoms with E-state index in [0.717, 1.165) is 18.5 Å². The van der Waals surface area contributed by atoms with E-state index in [1.165, 1.54) is 13.0 Å². The molecule has 1 amide bonds. The first kappa shape index (κ1) is 22.0. The number of nitrogens with one attached hydrogen (secondary N) is 2. The van der Waals surface area contributed by atoms with Crippen LogP contribution in [0.5, 0.6) is 0 Å². The van der Waals surface area contributed by atoms with E-state index in [1.54, 1.807) is 0 Å². The van der Waals surface area contributed by atoms with E-state index in [9.17, 15) is 31.2 Å². The van der Waals surface area contributed by atoms with Gasteiger partial charge in [0.1, 0.15) is 5.52 Å². The summed E-state index contributed by atoms with van der Waals surface area (Å²) in [4.78, 5) is 30.6. The van der Waals surface area contributed by atoms with Crippen molar-refractivity contribution >= 4 is 32.3 Å². The molecule has 3 rings (SSSR count). The number of terminal acetylenes is 1. The molecule has 0 saturated carbocycles. The maximum atomic E-state index is 13.3. The summed E-state index contributed by atoms with van der Waals surface area (Å²) in [6.07, 6.45) is 1.48. The third-order valence-electron chi connectivity index (χ3n) is 4.43. The van der Waals surface area contributed by atoms with Crippen LogP contribution in [0.15, 0.2) is 46.3 Å². The van der Waals surface area contributed by atoms with Gasteiger partial charge >= 0.3 is 6.18 Å². The molecule has 0 aliphatic carbocycles. The number of nitrogens with zero attached hydrogens (tertiary/aromatic N) is 1. The van der Waals surface area contributed by atoms with Crippen molar-refractivity contribution in [3.63, 3.8) is 0 Å². The van der Waals surface area contributed by atoms with Crippen molar-refractivity contribution in [2.45, 2.75) is 18.0 Å². The van der Waals surface area contributed by atoms with Crippen LogP contribution in [-0.4, -0.2) is 30.0 Å². The van der Waals surface area contributed by atoms with Crippen molar-refractivity contribution in [1.29, 1.82) is 0 Å². The van der Waals surface area contributed by atoms with Crippen LogP contribution in [0, 0.1) is 12.3 Å². The van der Waals surface area contributed by atoms with Crippen molar-refractivity contribution in [3.05, 3.63) is 63.7 Å². The lowest BCUT2D eigenvalue weighted by Gasteiger charge is -2.14. The molecule has 0 saturated heterocycles. The fraction of sp³-hybridized carbons (Fsp3) is 0.150. The highest BCUT2D eigenvalue weighted by molar-refractivity contribution is 7.91. The van der Waals surface area contributed by atoms with Crippen LogP contribution in [-0.2, 0) is 16.0 Å². The molecular formula is C20H14F3N3O4S. The van der Waals surface area contributed by atoms with Gasteiger partial charge in [-0.3, -0.25) is 9.59 Å². The number of hydrogen-bond acceptors (Lipinski definition) is 5. The predicted molar refractivity (Wildman–Crippen MR) is 107 cm³/mol. The number of rotatable bonds is 4. The van der Waals surface area contributed by atoms with E-state index < -0.39 is 44.1 Å². The Kier molecular flexibility index (Phi) is 5.61. The minimum Gasteiger partial charge on any atom is -0.320 e. The minimum absolute atomic E-state index is 0.196. The number of aromatic nitrogens is 2. The van der Waals surface area contributed by atoms with Gasteiger partial charge in [0.2, 0.25) is 0 Å². The number of halogens is 3. The van der Waals surface area contributed by atoms with Gasteiger partial charge in [-0.1, -0.05) is 12.8 Å². The summed E-state index contributed by atoms with van der Waals surface area (Å²) in [5.41, 5.74) is -2.77. The van der Waals surface area contributed by atoms with Gasteiger partial charge in [0.25, 0.3) is 11.5 Å². The number of H-pyrrole nitrogens is 1. The van der Waals surface area contributed by atoms with Gasteiger partial charge in [-0.25, -0.2) is 13.4 Å². The van der Waals surface area contributed by atoms with Crippen LogP contribution in [0.2, 0.25) is 0 Å². The third kappa shape index (κ3) is 4.29. The second kappa shape index (κ2) is 7.88. The molecule has 1 aromatic heterocycles. The SMILES string of the molecule is C#Cc1ccc(S(=O)(=O)CC)c(C(=O)Nc2cc(C(F)(F)F)cc3c(=O)[nH]cnc23)c1. The Morgan fingerprint density at radius 2 is 1.97 bits per heavy atom. The van der Waals surface area contributed by atoms with E-state index >= 15 is 0 Å². The zero-order valence-electron chi connectivity index (χ0n) is 15.9. The van der Waals surface area contributed by atoms with Gasteiger partial charge in [-0.05, 0) is 30.3 Å². The van der Waals surface area contributed by atoms with Crippen LogP contribution in [0.3, 0.4) is 0 Å². The normalized spacial score (nSPS) is 11.8. The third-order valence-corrected chi connectivity index (χ3v) is 6.21. The van der Waals surface area contributed by atoms with E-state index in [0.29, 0.717) is 12.1 Å². The lowest BCUT2D eigenvalue weighted by atomic mass is 10.1. The summed E-state index contributed by atoms with van der Waals surface area (Å²) >= 11 is 0. The Labute approximate surface area is 174 Å². The molecule has 0 fully saturated rings. The number of sulfone groups is 1. The largest absolute Gasteiger partial charge is 0.416 e. The number of aromatic amines is 1. The molecule has 160 valence electrons. The van der Waals surface area contributed by atoms with Crippen LogP contribution in [0.4, 0.5) is 18.9 Å². The average Bonchev–Trinajstić information content (AvgIpc) is 2.73. The lowest BCUT2D eigenvalue weighted by molar-refractivity contribution is -0.137. The molecule has 0 spiro atoms. The smallest absolute Gasteiger partial charge is 0.320 e. The Hall–Kier alpha value is -3.65. The molecule has 31 heavy (non-hydrogen) atoms. The number of alkyl halides is 3. The zero-order valence-corrected chi connectivity index (χ0v) is 16.7. The maximum absolute atomic E-state index is 13.3. The van der Waals surface area contributed by atoms with E-state index in [-0.39, 0.29) is 27.3 Å². The highest BCUT2D eigenvalue weighted by Gasteiger charge is 2.32. The second-order valence-corrected chi connectivity index (χ2v) is 8.61. The zero-order chi connectivity index (χ0) is 23.0. The molecule has 2 N–H and O–H groups in total. The quantitative estimate of drug-likeness (QED) is 0.596. The number of carbonyl (C=O) groups is 1. The Balaban J connectivity index is 2.21. The van der Waals surface area contributed by atoms with Crippen molar-refractivity contribution in [1.82, 2.24) is 9.97 Å². The van der Waals surface area contributed by atoms with Crippen molar-refractivity contribution in [2.24, 2.45) is 0 Å². The first-order valence-electron chi connectivity index (χ1n) is 8.71. The molecule has 0 aliphatic heterocycles. The molecule has 0 radical (unpaired) electrons. The highest BCUT2D eigenvalue weighted by atomic mass is 32.2. The minimum atomic E-state index is -4.81. The number of hydrogen-bond donors (Lipinski definition) is 2.